The van der Waals surface area contributed by atoms with Crippen molar-refractivity contribution in [2.24, 2.45) is 0 Å². The first-order valence-electron chi connectivity index (χ1n) is 8.81. The predicted molar refractivity (Wildman–Crippen MR) is 105 cm³/mol. The lowest BCUT2D eigenvalue weighted by molar-refractivity contribution is -0.136. The molecule has 1 aliphatic heterocycles. The summed E-state index contributed by atoms with van der Waals surface area (Å²) in [7, 11) is 4.85. The number of amides is 2. The molecule has 9 nitrogen and oxygen atoms in total. The third kappa shape index (κ3) is 4.87. The Morgan fingerprint density at radius 2 is 1.96 bits per heavy atom. The Kier molecular flexibility index (Phi) is 7.13. The van der Waals surface area contributed by atoms with Gasteiger partial charge in [-0.15, -0.1) is 0 Å². The quantitative estimate of drug-likeness (QED) is 0.543. The maximum atomic E-state index is 12.6. The summed E-state index contributed by atoms with van der Waals surface area (Å²) < 4.78 is 4.78. The number of benzene rings is 1. The SMILES string of the molecule is COC(=O)C1=C(Nc2cccc(NC(=O)CN(C)C)c2C)C(=O)N(CCO)C1. The molecule has 1 heterocycles. The van der Waals surface area contributed by atoms with Gasteiger partial charge in [-0.25, -0.2) is 4.79 Å². The van der Waals surface area contributed by atoms with E-state index in [1.165, 1.54) is 12.0 Å². The molecule has 0 aliphatic carbocycles. The Balaban J connectivity index is 2.30. The average molecular weight is 390 g/mol. The van der Waals surface area contributed by atoms with Crippen LogP contribution in [0.1, 0.15) is 5.56 Å². The molecule has 28 heavy (non-hydrogen) atoms. The van der Waals surface area contributed by atoms with Gasteiger partial charge in [-0.1, -0.05) is 6.07 Å². The van der Waals surface area contributed by atoms with E-state index in [1.54, 1.807) is 44.1 Å². The molecule has 0 saturated heterocycles. The minimum atomic E-state index is -0.607. The van der Waals surface area contributed by atoms with E-state index < -0.39 is 11.9 Å². The summed E-state index contributed by atoms with van der Waals surface area (Å²) in [6, 6.07) is 5.25. The minimum Gasteiger partial charge on any atom is -0.466 e. The molecule has 1 aliphatic rings. The Morgan fingerprint density at radius 1 is 1.29 bits per heavy atom. The highest BCUT2D eigenvalue weighted by Gasteiger charge is 2.34. The zero-order valence-electron chi connectivity index (χ0n) is 16.5. The van der Waals surface area contributed by atoms with Crippen LogP contribution in [0.2, 0.25) is 0 Å². The first kappa shape index (κ1) is 21.4. The van der Waals surface area contributed by atoms with Crippen molar-refractivity contribution in [3.63, 3.8) is 0 Å². The van der Waals surface area contributed by atoms with Gasteiger partial charge in [0, 0.05) is 17.9 Å². The van der Waals surface area contributed by atoms with Crippen LogP contribution in [0.15, 0.2) is 29.5 Å². The first-order valence-corrected chi connectivity index (χ1v) is 8.81. The molecule has 0 fully saturated rings. The molecule has 0 aromatic heterocycles. The van der Waals surface area contributed by atoms with Gasteiger partial charge in [0.15, 0.2) is 0 Å². The van der Waals surface area contributed by atoms with Gasteiger partial charge in [0.2, 0.25) is 5.91 Å². The molecule has 0 unspecified atom stereocenters. The van der Waals surface area contributed by atoms with Gasteiger partial charge in [0.05, 0.1) is 32.4 Å². The second-order valence-corrected chi connectivity index (χ2v) is 6.68. The van der Waals surface area contributed by atoms with E-state index in [9.17, 15) is 14.4 Å². The van der Waals surface area contributed by atoms with Crippen molar-refractivity contribution in [1.82, 2.24) is 9.80 Å². The fraction of sp³-hybridized carbons (Fsp3) is 0.421. The number of hydrogen-bond donors (Lipinski definition) is 3. The van der Waals surface area contributed by atoms with Gasteiger partial charge >= 0.3 is 5.97 Å². The maximum Gasteiger partial charge on any atom is 0.337 e. The number of likely N-dealkylation sites (N-methyl/N-ethyl adjacent to an activating group) is 1. The molecule has 0 atom stereocenters. The molecule has 0 spiro atoms. The van der Waals surface area contributed by atoms with Crippen LogP contribution in [0.3, 0.4) is 0 Å². The van der Waals surface area contributed by atoms with Crippen LogP contribution in [0.25, 0.3) is 0 Å². The summed E-state index contributed by atoms with van der Waals surface area (Å²) >= 11 is 0. The van der Waals surface area contributed by atoms with Crippen LogP contribution in [0, 0.1) is 6.92 Å². The summed E-state index contributed by atoms with van der Waals surface area (Å²) in [5, 5.41) is 15.0. The fourth-order valence-corrected chi connectivity index (χ4v) is 2.87. The molecule has 2 rings (SSSR count). The molecule has 3 N–H and O–H groups in total. The number of β-amino-alcohol motifs (C(OH)–C–C–N with tert-alkyl or cyclic N) is 1. The zero-order valence-corrected chi connectivity index (χ0v) is 16.5. The standard InChI is InChI=1S/C19H26N4O5/c1-12-14(20-16(25)11-22(2)3)6-5-7-15(12)21-17-13(19(27)28-4)10-23(8-9-24)18(17)26/h5-7,21,24H,8-11H2,1-4H3,(H,20,25). The second kappa shape index (κ2) is 9.34. The lowest BCUT2D eigenvalue weighted by Crippen LogP contribution is -2.31. The number of ether oxygens (including phenoxy) is 1. The van der Waals surface area contributed by atoms with Gasteiger partial charge in [0.1, 0.15) is 5.70 Å². The number of aliphatic hydroxyl groups excluding tert-OH is 1. The largest absolute Gasteiger partial charge is 0.466 e. The van der Waals surface area contributed by atoms with Gasteiger partial charge in [-0.2, -0.15) is 0 Å². The Bertz CT molecular complexity index is 804. The van der Waals surface area contributed by atoms with E-state index in [-0.39, 0.29) is 43.4 Å². The summed E-state index contributed by atoms with van der Waals surface area (Å²) in [5.74, 6) is -1.16. The number of esters is 1. The number of rotatable bonds is 8. The van der Waals surface area contributed by atoms with Crippen LogP contribution < -0.4 is 10.6 Å². The summed E-state index contributed by atoms with van der Waals surface area (Å²) in [5.41, 5.74) is 2.22. The number of anilines is 2. The summed E-state index contributed by atoms with van der Waals surface area (Å²) in [6.45, 7) is 2.01. The highest BCUT2D eigenvalue weighted by molar-refractivity contribution is 6.08. The lowest BCUT2D eigenvalue weighted by atomic mass is 10.1. The van der Waals surface area contributed by atoms with Crippen molar-refractivity contribution >= 4 is 29.2 Å². The van der Waals surface area contributed by atoms with Crippen LogP contribution in [-0.2, 0) is 19.1 Å². The molecule has 2 amide bonds. The van der Waals surface area contributed by atoms with E-state index in [2.05, 4.69) is 10.6 Å². The van der Waals surface area contributed by atoms with Gasteiger partial charge in [0.25, 0.3) is 5.91 Å². The second-order valence-electron chi connectivity index (χ2n) is 6.68. The summed E-state index contributed by atoms with van der Waals surface area (Å²) in [4.78, 5) is 39.9. The molecular formula is C19H26N4O5. The number of carbonyl (C=O) groups is 3. The lowest BCUT2D eigenvalue weighted by Gasteiger charge is -2.17. The molecule has 0 radical (unpaired) electrons. The van der Waals surface area contributed by atoms with Crippen LogP contribution in [-0.4, -0.2) is 80.1 Å². The third-order valence-corrected chi connectivity index (χ3v) is 4.28. The van der Waals surface area contributed by atoms with Crippen LogP contribution in [0.4, 0.5) is 11.4 Å². The monoisotopic (exact) mass is 390 g/mol. The number of methoxy groups -OCH3 is 1. The minimum absolute atomic E-state index is 0.0622. The first-order chi connectivity index (χ1) is 13.3. The van der Waals surface area contributed by atoms with Crippen molar-refractivity contribution in [3.05, 3.63) is 35.0 Å². The molecule has 0 bridgehead atoms. The zero-order chi connectivity index (χ0) is 20.8. The van der Waals surface area contributed by atoms with Gasteiger partial charge in [-0.05, 0) is 38.7 Å². The van der Waals surface area contributed by atoms with E-state index in [0.717, 1.165) is 5.56 Å². The van der Waals surface area contributed by atoms with Crippen LogP contribution >= 0.6 is 0 Å². The Labute approximate surface area is 163 Å². The molecule has 1 aromatic rings. The van der Waals surface area contributed by atoms with Crippen molar-refractivity contribution in [2.45, 2.75) is 6.92 Å². The normalized spacial score (nSPS) is 13.9. The Morgan fingerprint density at radius 3 is 2.57 bits per heavy atom. The van der Waals surface area contributed by atoms with E-state index >= 15 is 0 Å². The van der Waals surface area contributed by atoms with Gasteiger partial charge in [-0.3, -0.25) is 9.59 Å². The van der Waals surface area contributed by atoms with Crippen molar-refractivity contribution in [3.8, 4) is 0 Å². The molecule has 1 aromatic carbocycles. The number of aliphatic hydroxyl groups is 1. The highest BCUT2D eigenvalue weighted by Crippen LogP contribution is 2.28. The highest BCUT2D eigenvalue weighted by atomic mass is 16.5. The molecular weight excluding hydrogens is 364 g/mol. The molecule has 0 saturated carbocycles. The number of hydrogen-bond acceptors (Lipinski definition) is 7. The average Bonchev–Trinajstić information content (AvgIpc) is 2.93. The fourth-order valence-electron chi connectivity index (χ4n) is 2.87. The topological polar surface area (TPSA) is 111 Å². The van der Waals surface area contributed by atoms with Crippen molar-refractivity contribution in [2.75, 3.05) is 58.1 Å². The maximum absolute atomic E-state index is 12.6. The third-order valence-electron chi connectivity index (χ3n) is 4.28. The van der Waals surface area contributed by atoms with E-state index in [0.29, 0.717) is 11.4 Å². The predicted octanol–water partition coefficient (Wildman–Crippen LogP) is 0.169. The Hall–Kier alpha value is -2.91. The number of nitrogens with one attached hydrogen (secondary N) is 2. The smallest absolute Gasteiger partial charge is 0.337 e. The number of carbonyl (C=O) groups excluding carboxylic acids is 3. The summed E-state index contributed by atoms with van der Waals surface area (Å²) in [6.07, 6.45) is 0. The molecule has 152 valence electrons. The number of nitrogens with zero attached hydrogens (tertiary/aromatic N) is 2. The van der Waals surface area contributed by atoms with Gasteiger partial charge < -0.3 is 30.3 Å². The van der Waals surface area contributed by atoms with Crippen LogP contribution in [0.5, 0.6) is 0 Å². The van der Waals surface area contributed by atoms with Crippen molar-refractivity contribution < 1.29 is 24.2 Å². The molecule has 9 heteroatoms. The van der Waals surface area contributed by atoms with Crippen molar-refractivity contribution in [1.29, 1.82) is 0 Å². The van der Waals surface area contributed by atoms with E-state index in [1.807, 2.05) is 0 Å². The van der Waals surface area contributed by atoms with E-state index in [4.69, 9.17) is 9.84 Å².